The lowest BCUT2D eigenvalue weighted by Gasteiger charge is -2.08. The van der Waals surface area contributed by atoms with E-state index in [-0.39, 0.29) is 19.4 Å². The lowest BCUT2D eigenvalue weighted by atomic mass is 10.8. The van der Waals surface area contributed by atoms with Crippen molar-refractivity contribution in [2.75, 3.05) is 13.2 Å². The smallest absolute Gasteiger partial charge is 0.344 e. The van der Waals surface area contributed by atoms with Gasteiger partial charge in [-0.05, 0) is 0 Å². The lowest BCUT2D eigenvalue weighted by Crippen LogP contribution is -2.20. The molecule has 0 bridgehead atoms. The van der Waals surface area contributed by atoms with Crippen LogP contribution in [0.15, 0.2) is 0 Å². The molecule has 6 nitrogen and oxygen atoms in total. The van der Waals surface area contributed by atoms with Crippen molar-refractivity contribution in [2.45, 2.75) is 0 Å². The van der Waals surface area contributed by atoms with Gasteiger partial charge >= 0.3 is 10.4 Å². The summed E-state index contributed by atoms with van der Waals surface area (Å²) in [7, 11) is -3.80. The minimum atomic E-state index is -3.80. The second kappa shape index (κ2) is 3.08. The largest absolute Gasteiger partial charge is 0.426 e. The zero-order chi connectivity index (χ0) is 6.04. The van der Waals surface area contributed by atoms with E-state index in [1.54, 1.807) is 0 Å². The first-order chi connectivity index (χ1) is 3.71. The van der Waals surface area contributed by atoms with E-state index in [0.717, 1.165) is 0 Å². The fourth-order valence-corrected chi connectivity index (χ4v) is 0.780. The third kappa shape index (κ3) is 2.72. The Kier molecular flexibility index (Phi) is 3.01. The van der Waals surface area contributed by atoms with Crippen LogP contribution in [0.2, 0.25) is 0 Å². The number of hydrogen-bond donors (Lipinski definition) is 1. The predicted octanol–water partition coefficient (Wildman–Crippen LogP) is -0.628. The van der Waals surface area contributed by atoms with Crippen LogP contribution in [0.4, 0.5) is 0 Å². The zero-order valence-corrected chi connectivity index (χ0v) is 5.39. The molecule has 1 aliphatic heterocycles. The quantitative estimate of drug-likeness (QED) is 0.470. The van der Waals surface area contributed by atoms with Crippen molar-refractivity contribution in [3.63, 3.8) is 0 Å². The van der Waals surface area contributed by atoms with Gasteiger partial charge in [0.25, 0.3) is 0 Å². The van der Waals surface area contributed by atoms with Gasteiger partial charge in [-0.1, -0.05) is 4.33 Å². The first-order valence-corrected chi connectivity index (χ1v) is 3.24. The summed E-state index contributed by atoms with van der Waals surface area (Å²) in [4.78, 5) is 4.07. The summed E-state index contributed by atoms with van der Waals surface area (Å²) in [6.07, 6.45) is 0. The van der Waals surface area contributed by atoms with Gasteiger partial charge in [0.1, 0.15) is 6.61 Å². The SMILES string of the molecule is N.O=S1(=O)OCCOO1. The third-order valence-electron chi connectivity index (χ3n) is 0.526. The Hall–Kier alpha value is -0.210. The van der Waals surface area contributed by atoms with E-state index >= 15 is 0 Å². The molecule has 3 N–H and O–H groups in total. The van der Waals surface area contributed by atoms with Gasteiger partial charge in [-0.15, -0.1) is 0 Å². The molecule has 0 saturated carbocycles. The van der Waals surface area contributed by atoms with Crippen LogP contribution in [0.5, 0.6) is 0 Å². The number of rotatable bonds is 0. The Morgan fingerprint density at radius 3 is 2.11 bits per heavy atom. The Bertz CT molecular complexity index is 150. The molecular weight excluding hydrogens is 150 g/mol. The van der Waals surface area contributed by atoms with E-state index < -0.39 is 10.4 Å². The normalized spacial score (nSPS) is 24.4. The highest BCUT2D eigenvalue weighted by Crippen LogP contribution is 2.01. The molecule has 1 heterocycles. The number of hydrogen-bond acceptors (Lipinski definition) is 6. The van der Waals surface area contributed by atoms with Crippen molar-refractivity contribution in [3.8, 4) is 0 Å². The molecule has 0 radical (unpaired) electrons. The Labute approximate surface area is 52.5 Å². The summed E-state index contributed by atoms with van der Waals surface area (Å²) in [5.74, 6) is 0. The van der Waals surface area contributed by atoms with Crippen LogP contribution in [0.25, 0.3) is 0 Å². The Morgan fingerprint density at radius 2 is 1.89 bits per heavy atom. The van der Waals surface area contributed by atoms with Crippen LogP contribution in [-0.4, -0.2) is 21.6 Å². The van der Waals surface area contributed by atoms with Gasteiger partial charge in [0.15, 0.2) is 0 Å². The average molecular weight is 157 g/mol. The van der Waals surface area contributed by atoms with Crippen molar-refractivity contribution >= 4 is 10.4 Å². The monoisotopic (exact) mass is 157 g/mol. The summed E-state index contributed by atoms with van der Waals surface area (Å²) in [5, 5.41) is 0. The maximum atomic E-state index is 10.1. The highest BCUT2D eigenvalue weighted by atomic mass is 32.3. The van der Waals surface area contributed by atoms with Crippen molar-refractivity contribution in [1.82, 2.24) is 6.15 Å². The van der Waals surface area contributed by atoms with Gasteiger partial charge in [0.05, 0.1) is 6.61 Å². The van der Waals surface area contributed by atoms with Crippen LogP contribution >= 0.6 is 0 Å². The second-order valence-corrected chi connectivity index (χ2v) is 2.31. The van der Waals surface area contributed by atoms with Gasteiger partial charge in [0.2, 0.25) is 0 Å². The van der Waals surface area contributed by atoms with Crippen molar-refractivity contribution < 1.29 is 21.8 Å². The molecule has 0 aromatic rings. The molecule has 0 aromatic carbocycles. The third-order valence-corrected chi connectivity index (χ3v) is 1.24. The van der Waals surface area contributed by atoms with Crippen LogP contribution < -0.4 is 6.15 Å². The average Bonchev–Trinajstić information content (AvgIpc) is 1.65. The van der Waals surface area contributed by atoms with E-state index in [9.17, 15) is 8.42 Å². The van der Waals surface area contributed by atoms with Crippen molar-refractivity contribution in [3.05, 3.63) is 0 Å². The highest BCUT2D eigenvalue weighted by molar-refractivity contribution is 7.81. The first kappa shape index (κ1) is 8.79. The van der Waals surface area contributed by atoms with Crippen molar-refractivity contribution in [2.24, 2.45) is 0 Å². The second-order valence-electron chi connectivity index (χ2n) is 1.12. The fraction of sp³-hybridized carbons (Fsp3) is 1.00. The molecule has 0 spiro atoms. The molecule has 9 heavy (non-hydrogen) atoms. The molecule has 1 fully saturated rings. The molecule has 0 aromatic heterocycles. The first-order valence-electron chi connectivity index (χ1n) is 1.91. The molecule has 0 aliphatic carbocycles. The molecule has 1 rings (SSSR count). The highest BCUT2D eigenvalue weighted by Gasteiger charge is 2.17. The maximum Gasteiger partial charge on any atom is 0.426 e. The molecule has 1 saturated heterocycles. The minimum Gasteiger partial charge on any atom is -0.344 e. The van der Waals surface area contributed by atoms with Gasteiger partial charge < -0.3 is 6.15 Å². The molecule has 1 aliphatic rings. The van der Waals surface area contributed by atoms with Gasteiger partial charge in [0, 0.05) is 0 Å². The molecule has 0 amide bonds. The van der Waals surface area contributed by atoms with E-state index in [1.165, 1.54) is 0 Å². The van der Waals surface area contributed by atoms with E-state index in [2.05, 4.69) is 13.4 Å². The summed E-state index contributed by atoms with van der Waals surface area (Å²) < 4.78 is 28.0. The van der Waals surface area contributed by atoms with Gasteiger partial charge in [-0.25, -0.2) is 9.07 Å². The van der Waals surface area contributed by atoms with E-state index in [0.29, 0.717) is 0 Å². The molecule has 56 valence electrons. The van der Waals surface area contributed by atoms with E-state index in [4.69, 9.17) is 0 Å². The summed E-state index contributed by atoms with van der Waals surface area (Å²) in [6, 6.07) is 0. The van der Waals surface area contributed by atoms with Crippen LogP contribution in [0.3, 0.4) is 0 Å². The van der Waals surface area contributed by atoms with Crippen LogP contribution in [0.1, 0.15) is 0 Å². The Balaban J connectivity index is 0.000000640. The lowest BCUT2D eigenvalue weighted by molar-refractivity contribution is -0.233. The molecule has 0 atom stereocenters. The van der Waals surface area contributed by atoms with Crippen LogP contribution in [-0.2, 0) is 23.8 Å². The summed E-state index contributed by atoms with van der Waals surface area (Å²) in [5.41, 5.74) is 0. The van der Waals surface area contributed by atoms with Crippen molar-refractivity contribution in [1.29, 1.82) is 0 Å². The standard InChI is InChI=1S/C2H4O5S.H3N/c3-8(4)6-2-1-5-7-8;/h1-2H2;1H3. The fourth-order valence-electron chi connectivity index (χ4n) is 0.283. The maximum absolute atomic E-state index is 10.1. The summed E-state index contributed by atoms with van der Waals surface area (Å²) in [6.45, 7) is 0.182. The topological polar surface area (TPSA) is 96.8 Å². The molecule has 7 heteroatoms. The Morgan fingerprint density at radius 1 is 1.22 bits per heavy atom. The molecular formula is C2H7NO5S. The van der Waals surface area contributed by atoms with Gasteiger partial charge in [-0.3, -0.25) is 0 Å². The van der Waals surface area contributed by atoms with E-state index in [1.807, 2.05) is 0 Å². The predicted molar refractivity (Wildman–Crippen MR) is 26.9 cm³/mol. The van der Waals surface area contributed by atoms with Gasteiger partial charge in [-0.2, -0.15) is 8.42 Å². The van der Waals surface area contributed by atoms with Crippen LogP contribution in [0, 0.1) is 0 Å². The minimum absolute atomic E-state index is 0. The summed E-state index contributed by atoms with van der Waals surface area (Å²) >= 11 is 0. The molecule has 0 unspecified atom stereocenters. The zero-order valence-electron chi connectivity index (χ0n) is 4.57.